The van der Waals surface area contributed by atoms with E-state index < -0.39 is 0 Å². The number of rotatable bonds is 1. The maximum absolute atomic E-state index is 5.96. The van der Waals surface area contributed by atoms with Crippen LogP contribution in [0.25, 0.3) is 0 Å². The van der Waals surface area contributed by atoms with Crippen LogP contribution in [0.1, 0.15) is 23.5 Å². The van der Waals surface area contributed by atoms with Gasteiger partial charge in [-0.15, -0.1) is 0 Å². The SMILES string of the molecule is Cc1nc2c(c(N3CCC(N)C3)n1)COCC2. The van der Waals surface area contributed by atoms with Crippen molar-refractivity contribution in [2.24, 2.45) is 5.73 Å². The molecule has 1 aromatic rings. The fourth-order valence-corrected chi connectivity index (χ4v) is 2.58. The molecule has 0 radical (unpaired) electrons. The molecule has 17 heavy (non-hydrogen) atoms. The van der Waals surface area contributed by atoms with Crippen LogP contribution >= 0.6 is 0 Å². The second kappa shape index (κ2) is 4.23. The zero-order valence-electron chi connectivity index (χ0n) is 10.1. The summed E-state index contributed by atoms with van der Waals surface area (Å²) in [4.78, 5) is 11.4. The van der Waals surface area contributed by atoms with Gasteiger partial charge in [0.2, 0.25) is 0 Å². The van der Waals surface area contributed by atoms with Gasteiger partial charge in [0.1, 0.15) is 11.6 Å². The van der Waals surface area contributed by atoms with Crippen molar-refractivity contribution in [3.63, 3.8) is 0 Å². The molecule has 1 atom stereocenters. The Bertz CT molecular complexity index is 435. The minimum Gasteiger partial charge on any atom is -0.376 e. The molecule has 0 aliphatic carbocycles. The summed E-state index contributed by atoms with van der Waals surface area (Å²) in [5, 5.41) is 0. The molecule has 2 aliphatic heterocycles. The van der Waals surface area contributed by atoms with E-state index in [4.69, 9.17) is 10.5 Å². The van der Waals surface area contributed by atoms with E-state index in [0.717, 1.165) is 55.4 Å². The zero-order chi connectivity index (χ0) is 11.8. The van der Waals surface area contributed by atoms with Gasteiger partial charge in [-0.3, -0.25) is 0 Å². The quantitative estimate of drug-likeness (QED) is 0.761. The van der Waals surface area contributed by atoms with Crippen molar-refractivity contribution in [1.29, 1.82) is 0 Å². The van der Waals surface area contributed by atoms with E-state index in [1.807, 2.05) is 6.92 Å². The van der Waals surface area contributed by atoms with E-state index in [-0.39, 0.29) is 6.04 Å². The van der Waals surface area contributed by atoms with Gasteiger partial charge in [-0.2, -0.15) is 0 Å². The molecule has 1 fully saturated rings. The van der Waals surface area contributed by atoms with Crippen LogP contribution in [-0.4, -0.2) is 35.7 Å². The predicted molar refractivity (Wildman–Crippen MR) is 64.9 cm³/mol. The predicted octanol–water partition coefficient (Wildman–Crippen LogP) is 0.395. The Morgan fingerprint density at radius 2 is 2.29 bits per heavy atom. The molecule has 1 saturated heterocycles. The highest BCUT2D eigenvalue weighted by molar-refractivity contribution is 5.50. The molecule has 0 spiro atoms. The molecule has 3 heterocycles. The van der Waals surface area contributed by atoms with E-state index in [1.165, 1.54) is 0 Å². The van der Waals surface area contributed by atoms with Crippen molar-refractivity contribution in [3.8, 4) is 0 Å². The Balaban J connectivity index is 2.00. The monoisotopic (exact) mass is 234 g/mol. The first-order valence-corrected chi connectivity index (χ1v) is 6.18. The first kappa shape index (κ1) is 10.9. The zero-order valence-corrected chi connectivity index (χ0v) is 10.1. The van der Waals surface area contributed by atoms with Crippen molar-refractivity contribution < 1.29 is 4.74 Å². The van der Waals surface area contributed by atoms with E-state index >= 15 is 0 Å². The molecule has 1 aromatic heterocycles. The average molecular weight is 234 g/mol. The van der Waals surface area contributed by atoms with Gasteiger partial charge >= 0.3 is 0 Å². The van der Waals surface area contributed by atoms with Gasteiger partial charge < -0.3 is 15.4 Å². The van der Waals surface area contributed by atoms with Gasteiger partial charge in [0.15, 0.2) is 0 Å². The van der Waals surface area contributed by atoms with Gasteiger partial charge in [0, 0.05) is 31.1 Å². The number of nitrogens with zero attached hydrogens (tertiary/aromatic N) is 3. The number of aryl methyl sites for hydroxylation is 1. The highest BCUT2D eigenvalue weighted by Crippen LogP contribution is 2.27. The molecular formula is C12H18N4O. The molecule has 92 valence electrons. The number of aromatic nitrogens is 2. The summed E-state index contributed by atoms with van der Waals surface area (Å²) >= 11 is 0. The molecule has 5 heteroatoms. The Hall–Kier alpha value is -1.20. The molecule has 0 aromatic carbocycles. The van der Waals surface area contributed by atoms with Gasteiger partial charge in [-0.05, 0) is 13.3 Å². The van der Waals surface area contributed by atoms with Crippen LogP contribution in [0, 0.1) is 6.92 Å². The third-order valence-electron chi connectivity index (χ3n) is 3.44. The molecule has 0 saturated carbocycles. The number of hydrogen-bond acceptors (Lipinski definition) is 5. The maximum Gasteiger partial charge on any atom is 0.138 e. The van der Waals surface area contributed by atoms with Gasteiger partial charge in [-0.25, -0.2) is 9.97 Å². The lowest BCUT2D eigenvalue weighted by Gasteiger charge is -2.25. The summed E-state index contributed by atoms with van der Waals surface area (Å²) in [5.74, 6) is 1.89. The average Bonchev–Trinajstić information content (AvgIpc) is 2.74. The molecular weight excluding hydrogens is 216 g/mol. The largest absolute Gasteiger partial charge is 0.376 e. The first-order valence-electron chi connectivity index (χ1n) is 6.18. The van der Waals surface area contributed by atoms with E-state index in [1.54, 1.807) is 0 Å². The normalized spacial score (nSPS) is 23.9. The fourth-order valence-electron chi connectivity index (χ4n) is 2.58. The second-order valence-corrected chi connectivity index (χ2v) is 4.82. The van der Waals surface area contributed by atoms with Crippen LogP contribution in [0.15, 0.2) is 0 Å². The van der Waals surface area contributed by atoms with Crippen LogP contribution in [-0.2, 0) is 17.8 Å². The number of nitrogens with two attached hydrogens (primary N) is 1. The highest BCUT2D eigenvalue weighted by atomic mass is 16.5. The standard InChI is InChI=1S/C12H18N4O/c1-8-14-11-3-5-17-7-10(11)12(15-8)16-4-2-9(13)6-16/h9H,2-7,13H2,1H3. The summed E-state index contributed by atoms with van der Waals surface area (Å²) in [6, 6.07) is 0.269. The molecule has 0 bridgehead atoms. The Morgan fingerprint density at radius 3 is 3.06 bits per heavy atom. The lowest BCUT2D eigenvalue weighted by atomic mass is 10.1. The second-order valence-electron chi connectivity index (χ2n) is 4.82. The minimum absolute atomic E-state index is 0.269. The fraction of sp³-hybridized carbons (Fsp3) is 0.667. The topological polar surface area (TPSA) is 64.3 Å². The minimum atomic E-state index is 0.269. The lowest BCUT2D eigenvalue weighted by Crippen LogP contribution is -2.29. The smallest absolute Gasteiger partial charge is 0.138 e. The first-order chi connectivity index (χ1) is 8.24. The van der Waals surface area contributed by atoms with Crippen LogP contribution in [0.3, 0.4) is 0 Å². The van der Waals surface area contributed by atoms with E-state index in [2.05, 4.69) is 14.9 Å². The van der Waals surface area contributed by atoms with Crippen LogP contribution in [0.2, 0.25) is 0 Å². The summed E-state index contributed by atoms with van der Waals surface area (Å²) < 4.78 is 5.52. The van der Waals surface area contributed by atoms with Crippen molar-refractivity contribution >= 4 is 5.82 Å². The number of hydrogen-bond donors (Lipinski definition) is 1. The third-order valence-corrected chi connectivity index (χ3v) is 3.44. The number of ether oxygens (including phenoxy) is 1. The van der Waals surface area contributed by atoms with Gasteiger partial charge in [0.05, 0.1) is 18.9 Å². The highest BCUT2D eigenvalue weighted by Gasteiger charge is 2.26. The molecule has 2 aliphatic rings. The Labute approximate surface area is 101 Å². The summed E-state index contributed by atoms with van der Waals surface area (Å²) in [5.41, 5.74) is 8.28. The van der Waals surface area contributed by atoms with Crippen molar-refractivity contribution in [1.82, 2.24) is 9.97 Å². The maximum atomic E-state index is 5.96. The molecule has 1 unspecified atom stereocenters. The van der Waals surface area contributed by atoms with Gasteiger partial charge in [0.25, 0.3) is 0 Å². The Kier molecular flexibility index (Phi) is 2.72. The summed E-state index contributed by atoms with van der Waals surface area (Å²) in [7, 11) is 0. The van der Waals surface area contributed by atoms with E-state index in [9.17, 15) is 0 Å². The lowest BCUT2D eigenvalue weighted by molar-refractivity contribution is 0.109. The summed E-state index contributed by atoms with van der Waals surface area (Å²) in [6.07, 6.45) is 1.93. The molecule has 3 rings (SSSR count). The summed E-state index contributed by atoms with van der Waals surface area (Å²) in [6.45, 7) is 5.24. The van der Waals surface area contributed by atoms with E-state index in [0.29, 0.717) is 6.61 Å². The molecule has 2 N–H and O–H groups in total. The molecule has 5 nitrogen and oxygen atoms in total. The Morgan fingerprint density at radius 1 is 1.41 bits per heavy atom. The van der Waals surface area contributed by atoms with Crippen molar-refractivity contribution in [2.75, 3.05) is 24.6 Å². The van der Waals surface area contributed by atoms with Crippen LogP contribution in [0.4, 0.5) is 5.82 Å². The van der Waals surface area contributed by atoms with Crippen LogP contribution in [0.5, 0.6) is 0 Å². The van der Waals surface area contributed by atoms with Crippen molar-refractivity contribution in [3.05, 3.63) is 17.1 Å². The molecule has 0 amide bonds. The van der Waals surface area contributed by atoms with Crippen LogP contribution < -0.4 is 10.6 Å². The van der Waals surface area contributed by atoms with Crippen molar-refractivity contribution in [2.45, 2.75) is 32.4 Å². The number of fused-ring (bicyclic) bond motifs is 1. The van der Waals surface area contributed by atoms with Gasteiger partial charge in [-0.1, -0.05) is 0 Å². The third kappa shape index (κ3) is 2.00. The number of anilines is 1.